The molecule has 0 unspecified atom stereocenters. The summed E-state index contributed by atoms with van der Waals surface area (Å²) in [4.78, 5) is 10.8. The molecule has 13 heavy (non-hydrogen) atoms. The van der Waals surface area contributed by atoms with E-state index >= 15 is 0 Å². The zero-order valence-electron chi connectivity index (χ0n) is 8.71. The highest BCUT2D eigenvalue weighted by Gasteiger charge is 2.17. The zero-order chi connectivity index (χ0) is 9.84. The summed E-state index contributed by atoms with van der Waals surface area (Å²) in [5.74, 6) is 1.40. The first-order valence-electron chi connectivity index (χ1n) is 4.94. The summed E-state index contributed by atoms with van der Waals surface area (Å²) in [7, 11) is 0. The Hall–Kier alpha value is -0.850. The first-order valence-corrected chi connectivity index (χ1v) is 4.94. The molecule has 0 radical (unpaired) electrons. The summed E-state index contributed by atoms with van der Waals surface area (Å²) >= 11 is 0. The normalized spacial score (nSPS) is 29.0. The Balaban J connectivity index is 2.57. The molecule has 0 fully saturated rings. The molecule has 0 aliphatic heterocycles. The fourth-order valence-corrected chi connectivity index (χ4v) is 1.84. The van der Waals surface area contributed by atoms with Crippen LogP contribution in [-0.4, -0.2) is 5.78 Å². The molecule has 0 aromatic heterocycles. The molecule has 0 heterocycles. The van der Waals surface area contributed by atoms with Gasteiger partial charge in [0.05, 0.1) is 0 Å². The van der Waals surface area contributed by atoms with Gasteiger partial charge in [-0.3, -0.25) is 4.79 Å². The Bertz CT molecular complexity index is 248. The number of hydrogen-bond acceptors (Lipinski definition) is 1. The van der Waals surface area contributed by atoms with E-state index in [1.165, 1.54) is 12.0 Å². The van der Waals surface area contributed by atoms with Crippen LogP contribution in [0.3, 0.4) is 0 Å². The number of allylic oxidation sites excluding steroid dienone is 4. The van der Waals surface area contributed by atoms with Gasteiger partial charge in [-0.25, -0.2) is 0 Å². The van der Waals surface area contributed by atoms with Crippen molar-refractivity contribution in [3.8, 4) is 0 Å². The highest BCUT2D eigenvalue weighted by atomic mass is 16.1. The maximum atomic E-state index is 10.8. The third kappa shape index (κ3) is 3.17. The van der Waals surface area contributed by atoms with Crippen LogP contribution in [0.1, 0.15) is 33.6 Å². The van der Waals surface area contributed by atoms with E-state index in [-0.39, 0.29) is 5.78 Å². The SMILES string of the molecule is CC(=O)/C=C/[C@@H]1CC=C(C)C[C@H]1C. The molecule has 1 heteroatoms. The van der Waals surface area contributed by atoms with E-state index in [0.29, 0.717) is 11.8 Å². The standard InChI is InChI=1S/C12H18O/c1-9-4-6-12(10(2)8-9)7-5-11(3)13/h4-5,7,10,12H,6,8H2,1-3H3/b7-5+/t10-,12+/m1/s1. The topological polar surface area (TPSA) is 17.1 Å². The molecule has 1 nitrogen and oxygen atoms in total. The van der Waals surface area contributed by atoms with E-state index in [1.807, 2.05) is 0 Å². The van der Waals surface area contributed by atoms with E-state index in [4.69, 9.17) is 0 Å². The number of carbonyl (C=O) groups excluding carboxylic acids is 1. The first-order chi connectivity index (χ1) is 6.09. The minimum Gasteiger partial charge on any atom is -0.295 e. The molecular formula is C12H18O. The van der Waals surface area contributed by atoms with Crippen LogP contribution in [-0.2, 0) is 4.79 Å². The van der Waals surface area contributed by atoms with E-state index in [9.17, 15) is 4.79 Å². The van der Waals surface area contributed by atoms with Crippen molar-refractivity contribution in [1.82, 2.24) is 0 Å². The smallest absolute Gasteiger partial charge is 0.152 e. The lowest BCUT2D eigenvalue weighted by atomic mass is 9.81. The molecule has 0 saturated heterocycles. The number of hydrogen-bond donors (Lipinski definition) is 0. The highest BCUT2D eigenvalue weighted by Crippen LogP contribution is 2.29. The van der Waals surface area contributed by atoms with Crippen molar-refractivity contribution in [2.24, 2.45) is 11.8 Å². The van der Waals surface area contributed by atoms with Gasteiger partial charge in [0.25, 0.3) is 0 Å². The zero-order valence-corrected chi connectivity index (χ0v) is 8.71. The second-order valence-corrected chi connectivity index (χ2v) is 4.10. The van der Waals surface area contributed by atoms with Crippen molar-refractivity contribution in [3.05, 3.63) is 23.8 Å². The van der Waals surface area contributed by atoms with Crippen molar-refractivity contribution in [2.75, 3.05) is 0 Å². The Morgan fingerprint density at radius 2 is 2.31 bits per heavy atom. The quantitative estimate of drug-likeness (QED) is 0.469. The summed E-state index contributed by atoms with van der Waals surface area (Å²) in [6.45, 7) is 6.04. The van der Waals surface area contributed by atoms with Crippen molar-refractivity contribution in [2.45, 2.75) is 33.6 Å². The second-order valence-electron chi connectivity index (χ2n) is 4.10. The molecule has 0 N–H and O–H groups in total. The molecule has 0 amide bonds. The predicted octanol–water partition coefficient (Wildman–Crippen LogP) is 3.12. The molecule has 0 aromatic carbocycles. The highest BCUT2D eigenvalue weighted by molar-refractivity contribution is 5.87. The third-order valence-electron chi connectivity index (χ3n) is 2.69. The van der Waals surface area contributed by atoms with Crippen LogP contribution < -0.4 is 0 Å². The van der Waals surface area contributed by atoms with Crippen LogP contribution >= 0.6 is 0 Å². The van der Waals surface area contributed by atoms with E-state index in [1.54, 1.807) is 13.0 Å². The van der Waals surface area contributed by atoms with Gasteiger partial charge >= 0.3 is 0 Å². The average molecular weight is 178 g/mol. The first kappa shape index (κ1) is 10.2. The second kappa shape index (κ2) is 4.40. The van der Waals surface area contributed by atoms with Crippen LogP contribution in [0.15, 0.2) is 23.8 Å². The lowest BCUT2D eigenvalue weighted by Gasteiger charge is -2.24. The van der Waals surface area contributed by atoms with Crippen molar-refractivity contribution in [3.63, 3.8) is 0 Å². The van der Waals surface area contributed by atoms with Crippen molar-refractivity contribution in [1.29, 1.82) is 0 Å². The van der Waals surface area contributed by atoms with Gasteiger partial charge < -0.3 is 0 Å². The van der Waals surface area contributed by atoms with E-state index in [0.717, 1.165) is 6.42 Å². The van der Waals surface area contributed by atoms with Gasteiger partial charge in [-0.2, -0.15) is 0 Å². The lowest BCUT2D eigenvalue weighted by molar-refractivity contribution is -0.112. The maximum absolute atomic E-state index is 10.8. The van der Waals surface area contributed by atoms with Gasteiger partial charge in [-0.1, -0.05) is 24.6 Å². The summed E-state index contributed by atoms with van der Waals surface area (Å²) < 4.78 is 0. The lowest BCUT2D eigenvalue weighted by Crippen LogP contribution is -2.13. The van der Waals surface area contributed by atoms with Crippen LogP contribution in [0.2, 0.25) is 0 Å². The Morgan fingerprint density at radius 3 is 2.85 bits per heavy atom. The largest absolute Gasteiger partial charge is 0.295 e. The molecule has 1 rings (SSSR count). The van der Waals surface area contributed by atoms with Crippen LogP contribution in [0.5, 0.6) is 0 Å². The van der Waals surface area contributed by atoms with E-state index < -0.39 is 0 Å². The van der Waals surface area contributed by atoms with Gasteiger partial charge in [0.15, 0.2) is 5.78 Å². The summed E-state index contributed by atoms with van der Waals surface area (Å²) in [6, 6.07) is 0. The molecule has 0 saturated carbocycles. The molecule has 0 bridgehead atoms. The summed E-state index contributed by atoms with van der Waals surface area (Å²) in [5.41, 5.74) is 1.49. The number of ketones is 1. The minimum absolute atomic E-state index is 0.151. The molecule has 0 spiro atoms. The molecular weight excluding hydrogens is 160 g/mol. The van der Waals surface area contributed by atoms with Crippen LogP contribution in [0, 0.1) is 11.8 Å². The van der Waals surface area contributed by atoms with Gasteiger partial charge in [-0.05, 0) is 44.6 Å². The monoisotopic (exact) mass is 178 g/mol. The number of rotatable bonds is 2. The third-order valence-corrected chi connectivity index (χ3v) is 2.69. The fraction of sp³-hybridized carbons (Fsp3) is 0.583. The average Bonchev–Trinajstić information content (AvgIpc) is 2.02. The van der Waals surface area contributed by atoms with Crippen molar-refractivity contribution >= 4 is 5.78 Å². The van der Waals surface area contributed by atoms with Crippen LogP contribution in [0.4, 0.5) is 0 Å². The Morgan fingerprint density at radius 1 is 1.62 bits per heavy atom. The maximum Gasteiger partial charge on any atom is 0.152 e. The summed E-state index contributed by atoms with van der Waals surface area (Å²) in [6.07, 6.45) is 8.32. The molecule has 1 aliphatic carbocycles. The Kier molecular flexibility index (Phi) is 3.47. The van der Waals surface area contributed by atoms with Gasteiger partial charge in [0, 0.05) is 0 Å². The van der Waals surface area contributed by atoms with Gasteiger partial charge in [-0.15, -0.1) is 0 Å². The van der Waals surface area contributed by atoms with Gasteiger partial charge in [0.1, 0.15) is 0 Å². The van der Waals surface area contributed by atoms with Crippen LogP contribution in [0.25, 0.3) is 0 Å². The van der Waals surface area contributed by atoms with Crippen molar-refractivity contribution < 1.29 is 4.79 Å². The Labute approximate surface area is 80.5 Å². The minimum atomic E-state index is 0.151. The molecule has 0 aromatic rings. The fourth-order valence-electron chi connectivity index (χ4n) is 1.84. The van der Waals surface area contributed by atoms with Gasteiger partial charge in [0.2, 0.25) is 0 Å². The molecule has 72 valence electrons. The molecule has 2 atom stereocenters. The summed E-state index contributed by atoms with van der Waals surface area (Å²) in [5, 5.41) is 0. The molecule has 1 aliphatic rings. The predicted molar refractivity (Wildman–Crippen MR) is 55.5 cm³/mol. The number of carbonyl (C=O) groups is 1. The van der Waals surface area contributed by atoms with E-state index in [2.05, 4.69) is 26.0 Å².